The lowest BCUT2D eigenvalue weighted by Crippen LogP contribution is -2.47. The number of anilines is 1. The summed E-state index contributed by atoms with van der Waals surface area (Å²) >= 11 is 3.33. The van der Waals surface area contributed by atoms with Gasteiger partial charge in [0.05, 0.1) is 11.3 Å². The zero-order valence-electron chi connectivity index (χ0n) is 10.6. The Kier molecular flexibility index (Phi) is 3.19. The van der Waals surface area contributed by atoms with Gasteiger partial charge in [0.15, 0.2) is 0 Å². The minimum atomic E-state index is -0.386. The molecule has 0 aliphatic carbocycles. The standard InChI is InChI=1S/C13H15BrN2O2/c1-13(2,3)16-7-11(17)15-10-6-8(14)4-5-9(10)12(16)18/h4-6H,7H2,1-3H3,(H,15,17). The fourth-order valence-electron chi connectivity index (χ4n) is 1.90. The molecule has 1 aliphatic heterocycles. The van der Waals surface area contributed by atoms with Crippen LogP contribution in [0.2, 0.25) is 0 Å². The summed E-state index contributed by atoms with van der Waals surface area (Å²) in [4.78, 5) is 25.9. The Morgan fingerprint density at radius 2 is 1.94 bits per heavy atom. The van der Waals surface area contributed by atoms with Crippen LogP contribution in [0.1, 0.15) is 31.1 Å². The third kappa shape index (κ3) is 2.41. The van der Waals surface area contributed by atoms with Crippen molar-refractivity contribution in [3.8, 4) is 0 Å². The maximum atomic E-state index is 12.5. The molecule has 2 rings (SSSR count). The molecule has 96 valence electrons. The molecular weight excluding hydrogens is 296 g/mol. The van der Waals surface area contributed by atoms with Crippen LogP contribution in [0.5, 0.6) is 0 Å². The minimum Gasteiger partial charge on any atom is -0.324 e. The molecule has 1 aliphatic rings. The van der Waals surface area contributed by atoms with Crippen LogP contribution < -0.4 is 5.32 Å². The van der Waals surface area contributed by atoms with Crippen LogP contribution in [-0.2, 0) is 4.79 Å². The summed E-state index contributed by atoms with van der Waals surface area (Å²) < 4.78 is 0.832. The van der Waals surface area contributed by atoms with E-state index in [0.717, 1.165) is 4.47 Å². The number of nitrogens with zero attached hydrogens (tertiary/aromatic N) is 1. The number of amides is 2. The first-order chi connectivity index (χ1) is 8.29. The third-order valence-corrected chi connectivity index (χ3v) is 3.34. The molecule has 0 saturated carbocycles. The summed E-state index contributed by atoms with van der Waals surface area (Å²) in [5, 5.41) is 2.76. The van der Waals surface area contributed by atoms with Crippen molar-refractivity contribution in [2.45, 2.75) is 26.3 Å². The lowest BCUT2D eigenvalue weighted by atomic mass is 10.0. The van der Waals surface area contributed by atoms with Crippen molar-refractivity contribution in [1.82, 2.24) is 4.90 Å². The van der Waals surface area contributed by atoms with Crippen LogP contribution >= 0.6 is 15.9 Å². The summed E-state index contributed by atoms with van der Waals surface area (Å²) in [6, 6.07) is 5.28. The number of benzene rings is 1. The van der Waals surface area contributed by atoms with Gasteiger partial charge in [0.2, 0.25) is 5.91 Å². The highest BCUT2D eigenvalue weighted by Crippen LogP contribution is 2.27. The summed E-state index contributed by atoms with van der Waals surface area (Å²) in [6.07, 6.45) is 0. The van der Waals surface area contributed by atoms with Gasteiger partial charge in [-0.3, -0.25) is 9.59 Å². The molecule has 0 atom stereocenters. The monoisotopic (exact) mass is 310 g/mol. The molecule has 0 saturated heterocycles. The molecule has 0 unspecified atom stereocenters. The van der Waals surface area contributed by atoms with E-state index in [1.165, 1.54) is 0 Å². The van der Waals surface area contributed by atoms with E-state index in [-0.39, 0.29) is 23.9 Å². The molecule has 0 spiro atoms. The maximum absolute atomic E-state index is 12.5. The molecule has 5 heteroatoms. The second-order valence-electron chi connectivity index (χ2n) is 5.30. The first-order valence-electron chi connectivity index (χ1n) is 5.70. The predicted octanol–water partition coefficient (Wildman–Crippen LogP) is 2.64. The maximum Gasteiger partial charge on any atom is 0.256 e. The first kappa shape index (κ1) is 13.1. The van der Waals surface area contributed by atoms with E-state index in [9.17, 15) is 9.59 Å². The largest absolute Gasteiger partial charge is 0.324 e. The Hall–Kier alpha value is -1.36. The lowest BCUT2D eigenvalue weighted by molar-refractivity contribution is -0.117. The fourth-order valence-corrected chi connectivity index (χ4v) is 2.26. The van der Waals surface area contributed by atoms with E-state index in [0.29, 0.717) is 11.3 Å². The average Bonchev–Trinajstić information content (AvgIpc) is 2.35. The zero-order valence-corrected chi connectivity index (χ0v) is 12.2. The molecule has 1 aromatic rings. The van der Waals surface area contributed by atoms with Gasteiger partial charge in [-0.05, 0) is 39.0 Å². The van der Waals surface area contributed by atoms with Crippen molar-refractivity contribution in [3.05, 3.63) is 28.2 Å². The normalized spacial score (nSPS) is 16.1. The summed E-state index contributed by atoms with van der Waals surface area (Å²) in [7, 11) is 0. The van der Waals surface area contributed by atoms with E-state index in [4.69, 9.17) is 0 Å². The van der Waals surface area contributed by atoms with Gasteiger partial charge in [-0.2, -0.15) is 0 Å². The topological polar surface area (TPSA) is 49.4 Å². The van der Waals surface area contributed by atoms with Gasteiger partial charge in [-0.1, -0.05) is 15.9 Å². The van der Waals surface area contributed by atoms with Gasteiger partial charge < -0.3 is 10.2 Å². The molecule has 1 N–H and O–H groups in total. The molecule has 4 nitrogen and oxygen atoms in total. The first-order valence-corrected chi connectivity index (χ1v) is 6.50. The highest BCUT2D eigenvalue weighted by Gasteiger charge is 2.33. The third-order valence-electron chi connectivity index (χ3n) is 2.84. The van der Waals surface area contributed by atoms with Crippen LogP contribution in [0.3, 0.4) is 0 Å². The molecule has 0 bridgehead atoms. The SMILES string of the molecule is CC(C)(C)N1CC(=O)Nc2cc(Br)ccc2C1=O. The van der Waals surface area contributed by atoms with E-state index < -0.39 is 0 Å². The molecule has 2 amide bonds. The number of fused-ring (bicyclic) bond motifs is 1. The highest BCUT2D eigenvalue weighted by atomic mass is 79.9. The average molecular weight is 311 g/mol. The fraction of sp³-hybridized carbons (Fsp3) is 0.385. The van der Waals surface area contributed by atoms with E-state index in [2.05, 4.69) is 21.2 Å². The highest BCUT2D eigenvalue weighted by molar-refractivity contribution is 9.10. The summed E-state index contributed by atoms with van der Waals surface area (Å²) in [5.74, 6) is -0.293. The molecule has 0 radical (unpaired) electrons. The van der Waals surface area contributed by atoms with Gasteiger partial charge >= 0.3 is 0 Å². The number of carbonyl (C=O) groups is 2. The second-order valence-corrected chi connectivity index (χ2v) is 6.22. The summed E-state index contributed by atoms with van der Waals surface area (Å²) in [6.45, 7) is 5.83. The van der Waals surface area contributed by atoms with Gasteiger partial charge in [-0.15, -0.1) is 0 Å². The minimum absolute atomic E-state index is 0.0780. The molecule has 0 fully saturated rings. The van der Waals surface area contributed by atoms with Crippen LogP contribution in [0.25, 0.3) is 0 Å². The molecule has 1 aromatic carbocycles. The Morgan fingerprint density at radius 3 is 2.56 bits per heavy atom. The number of hydrogen-bond donors (Lipinski definition) is 1. The van der Waals surface area contributed by atoms with Crippen LogP contribution in [0.15, 0.2) is 22.7 Å². The zero-order chi connectivity index (χ0) is 13.5. The van der Waals surface area contributed by atoms with Crippen molar-refractivity contribution in [2.24, 2.45) is 0 Å². The van der Waals surface area contributed by atoms with Gasteiger partial charge in [0.25, 0.3) is 5.91 Å². The Bertz CT molecular complexity index is 520. The number of rotatable bonds is 0. The lowest BCUT2D eigenvalue weighted by Gasteiger charge is -2.33. The second kappa shape index (κ2) is 4.39. The predicted molar refractivity (Wildman–Crippen MR) is 73.6 cm³/mol. The number of hydrogen-bond acceptors (Lipinski definition) is 2. The van der Waals surface area contributed by atoms with E-state index in [1.54, 1.807) is 23.1 Å². The van der Waals surface area contributed by atoms with Crippen molar-refractivity contribution in [2.75, 3.05) is 11.9 Å². The van der Waals surface area contributed by atoms with Crippen LogP contribution in [0.4, 0.5) is 5.69 Å². The number of nitrogens with one attached hydrogen (secondary N) is 1. The quantitative estimate of drug-likeness (QED) is 0.801. The van der Waals surface area contributed by atoms with Crippen molar-refractivity contribution >= 4 is 33.4 Å². The van der Waals surface area contributed by atoms with Gasteiger partial charge in [-0.25, -0.2) is 0 Å². The Labute approximate surface area is 114 Å². The Morgan fingerprint density at radius 1 is 1.28 bits per heavy atom. The van der Waals surface area contributed by atoms with Crippen LogP contribution in [-0.4, -0.2) is 28.8 Å². The van der Waals surface area contributed by atoms with Crippen LogP contribution in [0, 0.1) is 0 Å². The van der Waals surface area contributed by atoms with Crippen molar-refractivity contribution in [1.29, 1.82) is 0 Å². The molecule has 18 heavy (non-hydrogen) atoms. The number of halogens is 1. The van der Waals surface area contributed by atoms with E-state index >= 15 is 0 Å². The van der Waals surface area contributed by atoms with Gasteiger partial charge in [0, 0.05) is 10.0 Å². The van der Waals surface area contributed by atoms with Crippen molar-refractivity contribution in [3.63, 3.8) is 0 Å². The van der Waals surface area contributed by atoms with Gasteiger partial charge in [0.1, 0.15) is 6.54 Å². The summed E-state index contributed by atoms with van der Waals surface area (Å²) in [5.41, 5.74) is 0.702. The Balaban J connectivity index is 2.52. The van der Waals surface area contributed by atoms with Crippen molar-refractivity contribution < 1.29 is 9.59 Å². The smallest absolute Gasteiger partial charge is 0.256 e. The van der Waals surface area contributed by atoms with E-state index in [1.807, 2.05) is 20.8 Å². The molecule has 0 aromatic heterocycles. The molecule has 1 heterocycles. The number of carbonyl (C=O) groups excluding carboxylic acids is 2. The molecular formula is C13H15BrN2O2.